The number of anilines is 1. The van der Waals surface area contributed by atoms with Crippen molar-refractivity contribution in [3.05, 3.63) is 53.7 Å². The molecule has 4 rings (SSSR count). The van der Waals surface area contributed by atoms with Crippen molar-refractivity contribution in [2.24, 2.45) is 0 Å². The zero-order chi connectivity index (χ0) is 19.3. The van der Waals surface area contributed by atoms with Gasteiger partial charge in [-0.3, -0.25) is 4.90 Å². The molecule has 1 fully saturated rings. The first kappa shape index (κ1) is 18.6. The maximum absolute atomic E-state index is 12.2. The van der Waals surface area contributed by atoms with Crippen molar-refractivity contribution >= 4 is 23.1 Å². The third-order valence-corrected chi connectivity index (χ3v) is 5.83. The van der Waals surface area contributed by atoms with E-state index in [0.29, 0.717) is 11.8 Å². The van der Waals surface area contributed by atoms with E-state index in [4.69, 9.17) is 4.42 Å². The van der Waals surface area contributed by atoms with Crippen LogP contribution in [0.25, 0.3) is 10.8 Å². The molecular weight excluding hydrogens is 374 g/mol. The van der Waals surface area contributed by atoms with Crippen LogP contribution in [0.1, 0.15) is 31.7 Å². The summed E-state index contributed by atoms with van der Waals surface area (Å²) < 4.78 is 5.87. The quantitative estimate of drug-likeness (QED) is 0.676. The lowest BCUT2D eigenvalue weighted by Crippen LogP contribution is -2.46. The topological polar surface area (TPSA) is 83.3 Å². The SMILES string of the molecule is CC(c1nnc(-c2cccs2)o1)N1CCC(NC(=O)Nc2ccccc2)CC1. The fraction of sp³-hybridized carbons (Fsp3) is 0.350. The molecule has 1 saturated heterocycles. The van der Waals surface area contributed by atoms with Gasteiger partial charge in [0.05, 0.1) is 10.9 Å². The fourth-order valence-electron chi connectivity index (χ4n) is 3.36. The Morgan fingerprint density at radius 1 is 1.18 bits per heavy atom. The number of piperidine rings is 1. The predicted molar refractivity (Wildman–Crippen MR) is 109 cm³/mol. The van der Waals surface area contributed by atoms with Gasteiger partial charge in [-0.2, -0.15) is 0 Å². The lowest BCUT2D eigenvalue weighted by Gasteiger charge is -2.34. The van der Waals surface area contributed by atoms with Gasteiger partial charge >= 0.3 is 6.03 Å². The first-order chi connectivity index (χ1) is 13.7. The summed E-state index contributed by atoms with van der Waals surface area (Å²) in [7, 11) is 0. The number of rotatable bonds is 5. The first-order valence-corrected chi connectivity index (χ1v) is 10.3. The van der Waals surface area contributed by atoms with Crippen LogP contribution in [0.15, 0.2) is 52.3 Å². The van der Waals surface area contributed by atoms with E-state index in [1.54, 1.807) is 11.3 Å². The van der Waals surface area contributed by atoms with Crippen LogP contribution < -0.4 is 10.6 Å². The van der Waals surface area contributed by atoms with Crippen molar-refractivity contribution in [2.75, 3.05) is 18.4 Å². The molecule has 0 radical (unpaired) electrons. The number of para-hydroxylation sites is 1. The van der Waals surface area contributed by atoms with Gasteiger partial charge in [0.25, 0.3) is 5.89 Å². The Morgan fingerprint density at radius 2 is 1.96 bits per heavy atom. The molecule has 2 N–H and O–H groups in total. The number of amides is 2. The molecule has 3 aromatic rings. The van der Waals surface area contributed by atoms with Gasteiger partial charge in [0, 0.05) is 24.8 Å². The average molecular weight is 398 g/mol. The van der Waals surface area contributed by atoms with Gasteiger partial charge in [-0.15, -0.1) is 21.5 Å². The van der Waals surface area contributed by atoms with E-state index in [1.165, 1.54) is 0 Å². The van der Waals surface area contributed by atoms with E-state index >= 15 is 0 Å². The van der Waals surface area contributed by atoms with E-state index < -0.39 is 0 Å². The van der Waals surface area contributed by atoms with Gasteiger partial charge in [-0.25, -0.2) is 4.79 Å². The Labute approximate surface area is 167 Å². The number of hydrogen-bond donors (Lipinski definition) is 2. The van der Waals surface area contributed by atoms with Crippen LogP contribution in [0.2, 0.25) is 0 Å². The van der Waals surface area contributed by atoms with Crippen LogP contribution in [0.3, 0.4) is 0 Å². The number of likely N-dealkylation sites (tertiary alicyclic amines) is 1. The summed E-state index contributed by atoms with van der Waals surface area (Å²) in [4.78, 5) is 15.5. The van der Waals surface area contributed by atoms with E-state index in [2.05, 4.69) is 32.7 Å². The standard InChI is InChI=1S/C20H23N5O2S/c1-14(18-23-24-19(27-18)17-8-5-13-28-17)25-11-9-16(10-12-25)22-20(26)21-15-6-3-2-4-7-15/h2-8,13-14,16H,9-12H2,1H3,(H2,21,22,26). The molecule has 7 nitrogen and oxygen atoms in total. The van der Waals surface area contributed by atoms with Crippen LogP contribution in [-0.2, 0) is 0 Å². The third-order valence-electron chi connectivity index (χ3n) is 4.97. The maximum Gasteiger partial charge on any atom is 0.319 e. The molecule has 0 bridgehead atoms. The van der Waals surface area contributed by atoms with E-state index in [9.17, 15) is 4.79 Å². The summed E-state index contributed by atoms with van der Waals surface area (Å²) in [6.07, 6.45) is 1.77. The van der Waals surface area contributed by atoms with Crippen LogP contribution in [0.4, 0.5) is 10.5 Å². The summed E-state index contributed by atoms with van der Waals surface area (Å²) in [6, 6.07) is 13.5. The summed E-state index contributed by atoms with van der Waals surface area (Å²) in [5.41, 5.74) is 0.795. The van der Waals surface area contributed by atoms with Crippen molar-refractivity contribution in [1.29, 1.82) is 0 Å². The zero-order valence-electron chi connectivity index (χ0n) is 15.7. The summed E-state index contributed by atoms with van der Waals surface area (Å²) in [5.74, 6) is 1.21. The van der Waals surface area contributed by atoms with Crippen molar-refractivity contribution in [2.45, 2.75) is 31.8 Å². The molecule has 1 aliphatic rings. The second-order valence-electron chi connectivity index (χ2n) is 6.87. The van der Waals surface area contributed by atoms with Crippen LogP contribution in [0.5, 0.6) is 0 Å². The molecule has 0 spiro atoms. The van der Waals surface area contributed by atoms with E-state index in [0.717, 1.165) is 36.5 Å². The van der Waals surface area contributed by atoms with Crippen molar-refractivity contribution in [3.63, 3.8) is 0 Å². The van der Waals surface area contributed by atoms with Gasteiger partial charge in [0.2, 0.25) is 5.89 Å². The minimum Gasteiger partial charge on any atom is -0.418 e. The number of nitrogens with one attached hydrogen (secondary N) is 2. The normalized spacial score (nSPS) is 16.6. The van der Waals surface area contributed by atoms with E-state index in [1.807, 2.05) is 47.8 Å². The molecule has 1 atom stereocenters. The summed E-state index contributed by atoms with van der Waals surface area (Å²) in [5, 5.41) is 16.3. The highest BCUT2D eigenvalue weighted by atomic mass is 32.1. The fourth-order valence-corrected chi connectivity index (χ4v) is 4.01. The lowest BCUT2D eigenvalue weighted by molar-refractivity contribution is 0.137. The molecule has 3 heterocycles. The Bertz CT molecular complexity index is 888. The number of nitrogens with zero attached hydrogens (tertiary/aromatic N) is 3. The number of carbonyl (C=O) groups excluding carboxylic acids is 1. The molecule has 1 unspecified atom stereocenters. The molecule has 1 aliphatic heterocycles. The van der Waals surface area contributed by atoms with Gasteiger partial charge < -0.3 is 15.1 Å². The third kappa shape index (κ3) is 4.40. The van der Waals surface area contributed by atoms with Gasteiger partial charge in [-0.1, -0.05) is 24.3 Å². The van der Waals surface area contributed by atoms with Crippen molar-refractivity contribution in [3.8, 4) is 10.8 Å². The number of aromatic nitrogens is 2. The number of hydrogen-bond acceptors (Lipinski definition) is 6. The van der Waals surface area contributed by atoms with Gasteiger partial charge in [0.1, 0.15) is 0 Å². The Morgan fingerprint density at radius 3 is 2.68 bits per heavy atom. The maximum atomic E-state index is 12.2. The molecule has 2 aromatic heterocycles. The molecule has 2 amide bonds. The highest BCUT2D eigenvalue weighted by Gasteiger charge is 2.27. The zero-order valence-corrected chi connectivity index (χ0v) is 16.5. The molecular formula is C20H23N5O2S. The minimum absolute atomic E-state index is 0.0558. The lowest BCUT2D eigenvalue weighted by atomic mass is 10.0. The number of thiophene rings is 1. The molecule has 0 aliphatic carbocycles. The predicted octanol–water partition coefficient (Wildman–Crippen LogP) is 4.15. The molecule has 0 saturated carbocycles. The number of benzene rings is 1. The minimum atomic E-state index is -0.157. The second kappa shape index (κ2) is 8.53. The Balaban J connectivity index is 1.27. The smallest absolute Gasteiger partial charge is 0.319 e. The monoisotopic (exact) mass is 397 g/mol. The molecule has 28 heavy (non-hydrogen) atoms. The summed E-state index contributed by atoms with van der Waals surface area (Å²) >= 11 is 1.59. The Kier molecular flexibility index (Phi) is 5.68. The largest absolute Gasteiger partial charge is 0.418 e. The van der Waals surface area contributed by atoms with Crippen LogP contribution in [-0.4, -0.2) is 40.3 Å². The second-order valence-corrected chi connectivity index (χ2v) is 7.82. The van der Waals surface area contributed by atoms with E-state index in [-0.39, 0.29) is 18.1 Å². The van der Waals surface area contributed by atoms with Gasteiger partial charge in [-0.05, 0) is 43.3 Å². The van der Waals surface area contributed by atoms with Gasteiger partial charge in [0.15, 0.2) is 0 Å². The average Bonchev–Trinajstić information content (AvgIpc) is 3.40. The highest BCUT2D eigenvalue weighted by molar-refractivity contribution is 7.13. The summed E-state index contributed by atoms with van der Waals surface area (Å²) in [6.45, 7) is 3.82. The van der Waals surface area contributed by atoms with Crippen molar-refractivity contribution < 1.29 is 9.21 Å². The molecule has 1 aromatic carbocycles. The van der Waals surface area contributed by atoms with Crippen molar-refractivity contribution in [1.82, 2.24) is 20.4 Å². The molecule has 8 heteroatoms. The van der Waals surface area contributed by atoms with Crippen LogP contribution in [0, 0.1) is 0 Å². The number of urea groups is 1. The Hall–Kier alpha value is -2.71. The van der Waals surface area contributed by atoms with Crippen LogP contribution >= 0.6 is 11.3 Å². The highest BCUT2D eigenvalue weighted by Crippen LogP contribution is 2.28. The first-order valence-electron chi connectivity index (χ1n) is 9.43. The number of carbonyl (C=O) groups is 1. The molecule has 146 valence electrons.